The molecule has 1 rings (SSSR count). The van der Waals surface area contributed by atoms with Gasteiger partial charge in [-0.05, 0) is 5.56 Å². The van der Waals surface area contributed by atoms with Gasteiger partial charge in [-0.3, -0.25) is 4.79 Å². The maximum Gasteiger partial charge on any atom is 0.224 e. The van der Waals surface area contributed by atoms with E-state index in [-0.39, 0.29) is 10.9 Å². The van der Waals surface area contributed by atoms with E-state index in [0.717, 1.165) is 5.56 Å². The van der Waals surface area contributed by atoms with Crippen LogP contribution in [0.15, 0.2) is 30.3 Å². The quantitative estimate of drug-likeness (QED) is 0.543. The molecule has 0 fully saturated rings. The predicted molar refractivity (Wildman–Crippen MR) is 80.5 cm³/mol. The number of carbonyl (C=O) groups is 1. The Labute approximate surface area is 117 Å². The van der Waals surface area contributed by atoms with Crippen molar-refractivity contribution in [2.75, 3.05) is 13.1 Å². The van der Waals surface area contributed by atoms with Gasteiger partial charge in [0.1, 0.15) is 9.98 Å². The van der Waals surface area contributed by atoms with Crippen LogP contribution in [0.3, 0.4) is 0 Å². The van der Waals surface area contributed by atoms with Crippen molar-refractivity contribution < 1.29 is 4.79 Å². The van der Waals surface area contributed by atoms with E-state index in [2.05, 4.69) is 10.6 Å². The molecule has 0 unspecified atom stereocenters. The number of thiocarbonyl (C=S) groups is 2. The lowest BCUT2D eigenvalue weighted by Gasteiger charge is -2.07. The maximum absolute atomic E-state index is 11.6. The van der Waals surface area contributed by atoms with Gasteiger partial charge in [0.15, 0.2) is 0 Å². The summed E-state index contributed by atoms with van der Waals surface area (Å²) in [6.45, 7) is 0.991. The molecule has 4 nitrogen and oxygen atoms in total. The van der Waals surface area contributed by atoms with Crippen molar-refractivity contribution in [2.45, 2.75) is 6.42 Å². The van der Waals surface area contributed by atoms with Crippen LogP contribution in [-0.2, 0) is 11.2 Å². The Kier molecular flexibility index (Phi) is 6.24. The van der Waals surface area contributed by atoms with Crippen LogP contribution in [0.4, 0.5) is 0 Å². The molecule has 1 aromatic carbocycles. The zero-order chi connectivity index (χ0) is 13.4. The fraction of sp³-hybridized carbons (Fsp3) is 0.250. The summed E-state index contributed by atoms with van der Waals surface area (Å²) in [5.41, 5.74) is 6.31. The fourth-order valence-corrected chi connectivity index (χ4v) is 1.48. The third-order valence-electron chi connectivity index (χ3n) is 2.16. The molecule has 0 aliphatic rings. The minimum absolute atomic E-state index is 0.0238. The van der Waals surface area contributed by atoms with Crippen molar-refractivity contribution >= 4 is 40.3 Å². The normalized spacial score (nSPS) is 9.56. The summed E-state index contributed by atoms with van der Waals surface area (Å²) in [5.74, 6) is -0.0238. The van der Waals surface area contributed by atoms with Gasteiger partial charge in [0, 0.05) is 13.1 Å². The lowest BCUT2D eigenvalue weighted by molar-refractivity contribution is -0.120. The monoisotopic (exact) mass is 281 g/mol. The van der Waals surface area contributed by atoms with Crippen molar-refractivity contribution in [3.8, 4) is 0 Å². The van der Waals surface area contributed by atoms with Crippen molar-refractivity contribution in [1.29, 1.82) is 0 Å². The van der Waals surface area contributed by atoms with E-state index in [9.17, 15) is 4.79 Å². The zero-order valence-corrected chi connectivity index (χ0v) is 11.4. The van der Waals surface area contributed by atoms with Gasteiger partial charge in [-0.15, -0.1) is 0 Å². The minimum atomic E-state index is -0.0238. The number of nitrogens with one attached hydrogen (secondary N) is 2. The van der Waals surface area contributed by atoms with Gasteiger partial charge in [0.25, 0.3) is 0 Å². The molecular formula is C12H15N3OS2. The lowest BCUT2D eigenvalue weighted by atomic mass is 10.1. The van der Waals surface area contributed by atoms with Gasteiger partial charge in [-0.25, -0.2) is 0 Å². The highest BCUT2D eigenvalue weighted by Crippen LogP contribution is 1.98. The summed E-state index contributed by atoms with van der Waals surface area (Å²) in [4.78, 5) is 12.1. The summed E-state index contributed by atoms with van der Waals surface area (Å²) in [6, 6.07) is 9.57. The molecule has 18 heavy (non-hydrogen) atoms. The highest BCUT2D eigenvalue weighted by Gasteiger charge is 2.02. The third kappa shape index (κ3) is 5.70. The van der Waals surface area contributed by atoms with Gasteiger partial charge in [-0.1, -0.05) is 54.8 Å². The first-order valence-electron chi connectivity index (χ1n) is 5.48. The minimum Gasteiger partial charge on any atom is -0.388 e. The van der Waals surface area contributed by atoms with Crippen LogP contribution < -0.4 is 16.4 Å². The highest BCUT2D eigenvalue weighted by molar-refractivity contribution is 7.89. The number of nitrogens with two attached hydrogens (primary N) is 1. The van der Waals surface area contributed by atoms with E-state index >= 15 is 0 Å². The molecular weight excluding hydrogens is 266 g/mol. The maximum atomic E-state index is 11.6. The van der Waals surface area contributed by atoms with Crippen molar-refractivity contribution in [3.63, 3.8) is 0 Å². The molecule has 0 atom stereocenters. The Hall–Kier alpha value is -1.53. The Balaban J connectivity index is 2.18. The fourth-order valence-electron chi connectivity index (χ4n) is 1.31. The zero-order valence-electron chi connectivity index (χ0n) is 9.81. The molecule has 1 amide bonds. The SMILES string of the molecule is NC(=S)C(=S)NCCNC(=O)Cc1ccccc1. The number of amides is 1. The topological polar surface area (TPSA) is 67.2 Å². The first-order valence-corrected chi connectivity index (χ1v) is 6.29. The van der Waals surface area contributed by atoms with Crippen molar-refractivity contribution in [1.82, 2.24) is 10.6 Å². The second kappa shape index (κ2) is 7.73. The molecule has 6 heteroatoms. The average Bonchev–Trinajstić information content (AvgIpc) is 2.35. The molecule has 0 bridgehead atoms. The van der Waals surface area contributed by atoms with Crippen LogP contribution in [0.5, 0.6) is 0 Å². The highest BCUT2D eigenvalue weighted by atomic mass is 32.1. The third-order valence-corrected chi connectivity index (χ3v) is 2.86. The van der Waals surface area contributed by atoms with E-state index in [1.807, 2.05) is 30.3 Å². The molecule has 0 saturated carbocycles. The Morgan fingerprint density at radius 3 is 2.33 bits per heavy atom. The van der Waals surface area contributed by atoms with Gasteiger partial charge in [0.05, 0.1) is 6.42 Å². The molecule has 96 valence electrons. The van der Waals surface area contributed by atoms with Crippen LogP contribution in [0.1, 0.15) is 5.56 Å². The number of hydrogen-bond donors (Lipinski definition) is 3. The Bertz CT molecular complexity index is 434. The summed E-state index contributed by atoms with van der Waals surface area (Å²) >= 11 is 9.56. The largest absolute Gasteiger partial charge is 0.388 e. The van der Waals surface area contributed by atoms with Crippen LogP contribution >= 0.6 is 24.4 Å². The second-order valence-electron chi connectivity index (χ2n) is 3.63. The van der Waals surface area contributed by atoms with Crippen molar-refractivity contribution in [2.24, 2.45) is 5.73 Å². The van der Waals surface area contributed by atoms with Crippen LogP contribution in [-0.4, -0.2) is 29.0 Å². The predicted octanol–water partition coefficient (Wildman–Crippen LogP) is 0.548. The van der Waals surface area contributed by atoms with E-state index in [1.165, 1.54) is 0 Å². The average molecular weight is 281 g/mol. The smallest absolute Gasteiger partial charge is 0.224 e. The van der Waals surface area contributed by atoms with Crippen molar-refractivity contribution in [3.05, 3.63) is 35.9 Å². The Morgan fingerprint density at radius 1 is 1.11 bits per heavy atom. The first-order chi connectivity index (χ1) is 8.59. The van der Waals surface area contributed by atoms with Crippen LogP contribution in [0, 0.1) is 0 Å². The number of rotatable bonds is 5. The summed E-state index contributed by atoms with van der Waals surface area (Å²) in [7, 11) is 0. The molecule has 4 N–H and O–H groups in total. The molecule has 0 spiro atoms. The molecule has 0 aliphatic carbocycles. The first kappa shape index (κ1) is 14.5. The standard InChI is InChI=1S/C12H15N3OS2/c13-11(17)12(18)15-7-6-14-10(16)8-9-4-2-1-3-5-9/h1-5H,6-8H2,(H2,13,17)(H,14,16)(H,15,18). The van der Waals surface area contributed by atoms with Gasteiger partial charge >= 0.3 is 0 Å². The van der Waals surface area contributed by atoms with E-state index in [4.69, 9.17) is 30.2 Å². The summed E-state index contributed by atoms with van der Waals surface area (Å²) in [5, 5.41) is 5.63. The molecule has 0 aliphatic heterocycles. The molecule has 0 saturated heterocycles. The number of hydrogen-bond acceptors (Lipinski definition) is 3. The van der Waals surface area contributed by atoms with E-state index < -0.39 is 0 Å². The molecule has 0 aromatic heterocycles. The number of benzene rings is 1. The summed E-state index contributed by atoms with van der Waals surface area (Å²) in [6.07, 6.45) is 0.376. The van der Waals surface area contributed by atoms with Crippen LogP contribution in [0.25, 0.3) is 0 Å². The second-order valence-corrected chi connectivity index (χ2v) is 4.48. The molecule has 0 heterocycles. The molecule has 0 radical (unpaired) electrons. The van der Waals surface area contributed by atoms with E-state index in [0.29, 0.717) is 24.5 Å². The summed E-state index contributed by atoms with van der Waals surface area (Å²) < 4.78 is 0. The molecule has 1 aromatic rings. The van der Waals surface area contributed by atoms with Gasteiger partial charge < -0.3 is 16.4 Å². The number of carbonyl (C=O) groups excluding carboxylic acids is 1. The lowest BCUT2D eigenvalue weighted by Crippen LogP contribution is -2.39. The Morgan fingerprint density at radius 2 is 1.72 bits per heavy atom. The van der Waals surface area contributed by atoms with Gasteiger partial charge in [0.2, 0.25) is 5.91 Å². The van der Waals surface area contributed by atoms with Crippen LogP contribution in [0.2, 0.25) is 0 Å². The van der Waals surface area contributed by atoms with E-state index in [1.54, 1.807) is 0 Å². The van der Waals surface area contributed by atoms with Gasteiger partial charge in [-0.2, -0.15) is 0 Å².